The molecular weight excluding hydrogens is 376 g/mol. The van der Waals surface area contributed by atoms with E-state index in [0.717, 1.165) is 15.4 Å². The second-order valence-electron chi connectivity index (χ2n) is 7.05. The number of rotatable bonds is 4. The van der Waals surface area contributed by atoms with E-state index in [4.69, 9.17) is 0 Å². The lowest BCUT2D eigenvalue weighted by Gasteiger charge is -2.20. The van der Waals surface area contributed by atoms with Gasteiger partial charge in [0.25, 0.3) is 0 Å². The molecule has 0 spiro atoms. The number of carbonyl (C=O) groups is 1. The highest BCUT2D eigenvalue weighted by molar-refractivity contribution is 8.01. The molecule has 27 heavy (non-hydrogen) atoms. The van der Waals surface area contributed by atoms with Crippen LogP contribution < -0.4 is 5.32 Å². The molecule has 0 aliphatic carbocycles. The van der Waals surface area contributed by atoms with Crippen LogP contribution in [0.15, 0.2) is 60.8 Å². The van der Waals surface area contributed by atoms with E-state index in [1.165, 1.54) is 11.1 Å². The minimum atomic E-state index is -0.816. The van der Waals surface area contributed by atoms with Crippen molar-refractivity contribution in [3.63, 3.8) is 0 Å². The Hall–Kier alpha value is -2.15. The maximum absolute atomic E-state index is 11.5. The molecule has 0 radical (unpaired) electrons. The summed E-state index contributed by atoms with van der Waals surface area (Å²) in [5.41, 5.74) is 3.50. The maximum atomic E-state index is 11.5. The molecule has 1 aromatic heterocycles. The molecule has 2 aromatic carbocycles. The first-order valence-corrected chi connectivity index (χ1v) is 10.4. The summed E-state index contributed by atoms with van der Waals surface area (Å²) in [6, 6.07) is 18.2. The Kier molecular flexibility index (Phi) is 4.80. The molecule has 6 heteroatoms. The summed E-state index contributed by atoms with van der Waals surface area (Å²) >= 11 is 3.23. The summed E-state index contributed by atoms with van der Waals surface area (Å²) in [5.74, 6) is -0.816. The summed E-state index contributed by atoms with van der Waals surface area (Å²) in [6.45, 7) is 3.92. The quantitative estimate of drug-likeness (QED) is 0.647. The molecule has 2 atom stereocenters. The smallest absolute Gasteiger partial charge is 0.322 e. The van der Waals surface area contributed by atoms with Gasteiger partial charge < -0.3 is 5.11 Å². The fourth-order valence-electron chi connectivity index (χ4n) is 3.25. The van der Waals surface area contributed by atoms with Gasteiger partial charge in [-0.1, -0.05) is 54.6 Å². The normalized spacial score (nSPS) is 21.3. The van der Waals surface area contributed by atoms with Gasteiger partial charge in [-0.3, -0.25) is 10.1 Å². The van der Waals surface area contributed by atoms with Crippen molar-refractivity contribution in [3.8, 4) is 21.6 Å². The highest BCUT2D eigenvalue weighted by Crippen LogP contribution is 2.47. The standard InChI is InChI=1S/C21H20N2O2S2/c1-21(2)17(20(24)25)23-19(27-21)18-22-12-16(26-18)15-10-8-14(9-11-15)13-6-4-3-5-7-13/h3-12,17,19,23H,1-2H3,(H,24,25). The van der Waals surface area contributed by atoms with Crippen molar-refractivity contribution >= 4 is 29.1 Å². The number of aliphatic carboxylic acids is 1. The number of thiazole rings is 1. The van der Waals surface area contributed by atoms with Gasteiger partial charge in [-0.2, -0.15) is 0 Å². The molecule has 2 heterocycles. The Morgan fingerprint density at radius 3 is 2.30 bits per heavy atom. The van der Waals surface area contributed by atoms with Crippen molar-refractivity contribution in [1.29, 1.82) is 0 Å². The maximum Gasteiger partial charge on any atom is 0.322 e. The highest BCUT2D eigenvalue weighted by atomic mass is 32.2. The molecular formula is C21H20N2O2S2. The van der Waals surface area contributed by atoms with E-state index >= 15 is 0 Å². The third kappa shape index (κ3) is 3.65. The van der Waals surface area contributed by atoms with Gasteiger partial charge in [-0.05, 0) is 30.5 Å². The molecule has 0 bridgehead atoms. The van der Waals surface area contributed by atoms with E-state index in [1.807, 2.05) is 38.2 Å². The molecule has 1 aliphatic rings. The molecule has 1 aliphatic heterocycles. The van der Waals surface area contributed by atoms with E-state index < -0.39 is 12.0 Å². The van der Waals surface area contributed by atoms with Crippen LogP contribution in [-0.4, -0.2) is 26.8 Å². The van der Waals surface area contributed by atoms with Gasteiger partial charge in [0.2, 0.25) is 0 Å². The van der Waals surface area contributed by atoms with Gasteiger partial charge in [0, 0.05) is 10.9 Å². The Bertz CT molecular complexity index is 952. The average molecular weight is 397 g/mol. The third-order valence-electron chi connectivity index (χ3n) is 4.71. The Balaban J connectivity index is 1.54. The van der Waals surface area contributed by atoms with Gasteiger partial charge in [-0.15, -0.1) is 23.1 Å². The fraction of sp³-hybridized carbons (Fsp3) is 0.238. The number of hydrogen-bond donors (Lipinski definition) is 2. The van der Waals surface area contributed by atoms with Crippen LogP contribution in [0.4, 0.5) is 0 Å². The van der Waals surface area contributed by atoms with Crippen LogP contribution in [-0.2, 0) is 4.79 Å². The Labute approximate surface area is 166 Å². The molecule has 3 aromatic rings. The first kappa shape index (κ1) is 18.2. The molecule has 0 saturated carbocycles. The highest BCUT2D eigenvalue weighted by Gasteiger charge is 2.46. The first-order chi connectivity index (χ1) is 12.9. The monoisotopic (exact) mass is 396 g/mol. The zero-order valence-corrected chi connectivity index (χ0v) is 16.7. The summed E-state index contributed by atoms with van der Waals surface area (Å²) in [6.07, 6.45) is 1.88. The van der Waals surface area contributed by atoms with Crippen LogP contribution >= 0.6 is 23.1 Å². The zero-order chi connectivity index (χ0) is 19.0. The van der Waals surface area contributed by atoms with Crippen LogP contribution in [0, 0.1) is 0 Å². The number of nitrogens with zero attached hydrogens (tertiary/aromatic N) is 1. The number of thioether (sulfide) groups is 1. The summed E-state index contributed by atoms with van der Waals surface area (Å²) < 4.78 is -0.375. The average Bonchev–Trinajstić information content (AvgIpc) is 3.27. The largest absolute Gasteiger partial charge is 0.480 e. The van der Waals surface area contributed by atoms with Gasteiger partial charge >= 0.3 is 5.97 Å². The number of aromatic nitrogens is 1. The fourth-order valence-corrected chi connectivity index (χ4v) is 5.68. The predicted molar refractivity (Wildman–Crippen MR) is 112 cm³/mol. The molecule has 1 fully saturated rings. The van der Waals surface area contributed by atoms with E-state index in [1.54, 1.807) is 23.1 Å². The van der Waals surface area contributed by atoms with Crippen molar-refractivity contribution in [2.45, 2.75) is 30.0 Å². The van der Waals surface area contributed by atoms with Gasteiger partial charge in [0.15, 0.2) is 0 Å². The van der Waals surface area contributed by atoms with Crippen molar-refractivity contribution in [1.82, 2.24) is 10.3 Å². The number of benzene rings is 2. The number of nitrogens with one attached hydrogen (secondary N) is 1. The van der Waals surface area contributed by atoms with E-state index in [2.05, 4.69) is 46.7 Å². The zero-order valence-electron chi connectivity index (χ0n) is 15.0. The Morgan fingerprint density at radius 1 is 1.04 bits per heavy atom. The van der Waals surface area contributed by atoms with Gasteiger partial charge in [-0.25, -0.2) is 4.98 Å². The summed E-state index contributed by atoms with van der Waals surface area (Å²) in [7, 11) is 0. The Morgan fingerprint density at radius 2 is 1.67 bits per heavy atom. The lowest BCUT2D eigenvalue weighted by molar-refractivity contribution is -0.139. The van der Waals surface area contributed by atoms with Crippen LogP contribution in [0.1, 0.15) is 24.2 Å². The van der Waals surface area contributed by atoms with Crippen molar-refractivity contribution in [2.24, 2.45) is 0 Å². The second kappa shape index (κ2) is 7.11. The number of carboxylic acid groups (broad SMARTS) is 1. The minimum absolute atomic E-state index is 0.0940. The lowest BCUT2D eigenvalue weighted by atomic mass is 10.0. The number of carboxylic acids is 1. The molecule has 2 N–H and O–H groups in total. The van der Waals surface area contributed by atoms with Crippen molar-refractivity contribution in [3.05, 3.63) is 65.8 Å². The second-order valence-corrected chi connectivity index (χ2v) is 9.87. The summed E-state index contributed by atoms with van der Waals surface area (Å²) in [4.78, 5) is 17.1. The van der Waals surface area contributed by atoms with Crippen LogP contribution in [0.3, 0.4) is 0 Å². The molecule has 0 amide bonds. The van der Waals surface area contributed by atoms with Crippen molar-refractivity contribution < 1.29 is 9.90 Å². The third-order valence-corrected chi connectivity index (χ3v) is 7.40. The first-order valence-electron chi connectivity index (χ1n) is 8.72. The number of hydrogen-bond acceptors (Lipinski definition) is 5. The van der Waals surface area contributed by atoms with E-state index in [9.17, 15) is 9.90 Å². The molecule has 138 valence electrons. The molecule has 2 unspecified atom stereocenters. The lowest BCUT2D eigenvalue weighted by Crippen LogP contribution is -2.43. The van der Waals surface area contributed by atoms with E-state index in [0.29, 0.717) is 0 Å². The van der Waals surface area contributed by atoms with Crippen LogP contribution in [0.5, 0.6) is 0 Å². The molecule has 4 rings (SSSR count). The van der Waals surface area contributed by atoms with Crippen LogP contribution in [0.2, 0.25) is 0 Å². The SMILES string of the molecule is CC1(C)SC(c2ncc(-c3ccc(-c4ccccc4)cc3)s2)NC1C(=O)O. The van der Waals surface area contributed by atoms with E-state index in [-0.39, 0.29) is 10.1 Å². The topological polar surface area (TPSA) is 62.2 Å². The van der Waals surface area contributed by atoms with Crippen molar-refractivity contribution in [2.75, 3.05) is 0 Å². The van der Waals surface area contributed by atoms with Gasteiger partial charge in [0.05, 0.1) is 4.88 Å². The summed E-state index contributed by atoms with van der Waals surface area (Å²) in [5, 5.41) is 13.4. The molecule has 4 nitrogen and oxygen atoms in total. The minimum Gasteiger partial charge on any atom is -0.480 e. The predicted octanol–water partition coefficient (Wildman–Crippen LogP) is 5.04. The van der Waals surface area contributed by atoms with Gasteiger partial charge in [0.1, 0.15) is 16.4 Å². The molecule has 1 saturated heterocycles. The van der Waals surface area contributed by atoms with Crippen LogP contribution in [0.25, 0.3) is 21.6 Å².